The molecule has 0 unspecified atom stereocenters. The zero-order chi connectivity index (χ0) is 42.2. The highest BCUT2D eigenvalue weighted by molar-refractivity contribution is 6.10. The van der Waals surface area contributed by atoms with Gasteiger partial charge in [0.05, 0.1) is 16.4 Å². The minimum atomic E-state index is -0.392. The van der Waals surface area contributed by atoms with Crippen LogP contribution in [0.1, 0.15) is 38.9 Å². The monoisotopic (exact) mass is 811 g/mol. The summed E-state index contributed by atoms with van der Waals surface area (Å²) in [5.41, 5.74) is 23.4. The number of nitrogens with zero attached hydrogens (tertiary/aromatic N) is 1. The van der Waals surface area contributed by atoms with Gasteiger partial charge in [0.25, 0.3) is 0 Å². The summed E-state index contributed by atoms with van der Waals surface area (Å²) in [5.74, 6) is 0. The smallest absolute Gasteiger partial charge is 0.0725 e. The molecule has 298 valence electrons. The van der Waals surface area contributed by atoms with Crippen molar-refractivity contribution in [2.45, 2.75) is 5.41 Å². The summed E-state index contributed by atoms with van der Waals surface area (Å²) < 4.78 is 2.38. The lowest BCUT2D eigenvalue weighted by Gasteiger charge is -2.30. The van der Waals surface area contributed by atoms with Gasteiger partial charge < -0.3 is 4.57 Å². The molecule has 11 aromatic rings. The molecule has 0 radical (unpaired) electrons. The van der Waals surface area contributed by atoms with Crippen LogP contribution in [-0.2, 0) is 5.41 Å². The third kappa shape index (κ3) is 5.38. The lowest BCUT2D eigenvalue weighted by atomic mass is 9.70. The molecule has 0 bridgehead atoms. The molecule has 0 aliphatic heterocycles. The Bertz CT molecular complexity index is 3580. The van der Waals surface area contributed by atoms with E-state index >= 15 is 0 Å². The lowest BCUT2D eigenvalue weighted by molar-refractivity contribution is 0.793. The fourth-order valence-corrected chi connectivity index (χ4v) is 11.1. The predicted octanol–water partition coefficient (Wildman–Crippen LogP) is 16.1. The number of para-hydroxylation sites is 2. The molecule has 0 saturated heterocycles. The Kier molecular flexibility index (Phi) is 8.20. The zero-order valence-corrected chi connectivity index (χ0v) is 35.1. The quantitative estimate of drug-likeness (QED) is 0.147. The molecule has 1 spiro atoms. The molecule has 0 N–H and O–H groups in total. The van der Waals surface area contributed by atoms with E-state index in [0.29, 0.717) is 0 Å². The Morgan fingerprint density at radius 2 is 0.828 bits per heavy atom. The normalized spacial score (nSPS) is 13.2. The van der Waals surface area contributed by atoms with E-state index in [0.717, 1.165) is 0 Å². The van der Waals surface area contributed by atoms with Crippen molar-refractivity contribution in [2.24, 2.45) is 0 Å². The molecule has 0 atom stereocenters. The van der Waals surface area contributed by atoms with Gasteiger partial charge in [-0.25, -0.2) is 0 Å². The van der Waals surface area contributed by atoms with Crippen molar-refractivity contribution in [1.82, 2.24) is 4.57 Å². The summed E-state index contributed by atoms with van der Waals surface area (Å²) in [7, 11) is 0. The molecule has 10 aromatic carbocycles. The molecule has 13 rings (SSSR count). The first-order valence-corrected chi connectivity index (χ1v) is 22.3. The van der Waals surface area contributed by atoms with E-state index in [1.807, 2.05) is 0 Å². The van der Waals surface area contributed by atoms with Crippen molar-refractivity contribution >= 4 is 33.5 Å². The van der Waals surface area contributed by atoms with Gasteiger partial charge in [0, 0.05) is 16.5 Å². The maximum absolute atomic E-state index is 2.44. The van der Waals surface area contributed by atoms with Crippen LogP contribution in [0, 0.1) is 0 Å². The maximum Gasteiger partial charge on any atom is 0.0725 e. The topological polar surface area (TPSA) is 4.93 Å². The first kappa shape index (κ1) is 36.4. The van der Waals surface area contributed by atoms with Crippen molar-refractivity contribution in [1.29, 1.82) is 0 Å². The van der Waals surface area contributed by atoms with Crippen LogP contribution in [0.2, 0.25) is 0 Å². The van der Waals surface area contributed by atoms with Crippen LogP contribution in [-0.4, -0.2) is 4.57 Å². The van der Waals surface area contributed by atoms with Gasteiger partial charge in [-0.15, -0.1) is 0 Å². The van der Waals surface area contributed by atoms with Gasteiger partial charge in [-0.2, -0.15) is 0 Å². The van der Waals surface area contributed by atoms with E-state index in [4.69, 9.17) is 0 Å². The summed E-state index contributed by atoms with van der Waals surface area (Å²) in [6, 6.07) is 89.5. The van der Waals surface area contributed by atoms with Crippen LogP contribution in [0.3, 0.4) is 0 Å². The van der Waals surface area contributed by atoms with Gasteiger partial charge in [-0.3, -0.25) is 0 Å². The highest BCUT2D eigenvalue weighted by Crippen LogP contribution is 2.63. The number of hydrogen-bond donors (Lipinski definition) is 0. The fraction of sp³-hybridized carbons (Fsp3) is 0.0159. The molecular formula is C63H41N. The maximum atomic E-state index is 2.44. The number of fused-ring (bicyclic) bond motifs is 13. The summed E-state index contributed by atoms with van der Waals surface area (Å²) in [6.45, 7) is 0. The minimum absolute atomic E-state index is 0.392. The van der Waals surface area contributed by atoms with E-state index in [2.05, 4.69) is 253 Å². The minimum Gasteiger partial charge on any atom is -0.309 e. The third-order valence-electron chi connectivity index (χ3n) is 13.9. The van der Waals surface area contributed by atoms with Crippen molar-refractivity contribution in [3.8, 4) is 50.2 Å². The van der Waals surface area contributed by atoms with Crippen molar-refractivity contribution in [2.75, 3.05) is 0 Å². The summed E-state index contributed by atoms with van der Waals surface area (Å²) in [4.78, 5) is 0. The average Bonchev–Trinajstić information content (AvgIpc) is 3.98. The first-order valence-electron chi connectivity index (χ1n) is 22.3. The molecule has 0 amide bonds. The lowest BCUT2D eigenvalue weighted by Crippen LogP contribution is -2.25. The molecule has 1 aromatic heterocycles. The van der Waals surface area contributed by atoms with Crippen LogP contribution in [0.25, 0.3) is 83.6 Å². The summed E-state index contributed by atoms with van der Waals surface area (Å²) in [5, 5.41) is 2.51. The van der Waals surface area contributed by atoms with Crippen LogP contribution in [0.15, 0.2) is 243 Å². The molecule has 1 heterocycles. The zero-order valence-electron chi connectivity index (χ0n) is 35.1. The average molecular weight is 812 g/mol. The molecule has 0 saturated carbocycles. The van der Waals surface area contributed by atoms with Crippen LogP contribution in [0.5, 0.6) is 0 Å². The second-order valence-corrected chi connectivity index (χ2v) is 17.2. The van der Waals surface area contributed by atoms with Crippen LogP contribution in [0.4, 0.5) is 0 Å². The molecule has 2 aliphatic carbocycles. The number of rotatable bonds is 6. The highest BCUT2D eigenvalue weighted by Gasteiger charge is 2.51. The van der Waals surface area contributed by atoms with Gasteiger partial charge >= 0.3 is 0 Å². The van der Waals surface area contributed by atoms with Crippen molar-refractivity contribution in [3.63, 3.8) is 0 Å². The summed E-state index contributed by atoms with van der Waals surface area (Å²) in [6.07, 6.45) is 2.44. The standard InChI is InChI=1S/C63H41N/c1-3-16-42(17-4-1)43-30-34-45(35-31-43)54(46-36-32-44(33-37-46)47-38-39-61-55(40-47)52-23-10-14-29-60(52)64(61)49-19-5-2-6-20-49)41-48-18-15-28-59-62(48)53-24-9-13-27-58(53)63(59)56-25-11-7-21-50(56)51-22-8-12-26-57(51)63/h1-41H/b54-41+. The largest absolute Gasteiger partial charge is 0.309 e. The van der Waals surface area contributed by atoms with E-state index in [1.165, 1.54) is 117 Å². The number of benzene rings is 10. The van der Waals surface area contributed by atoms with E-state index in [1.54, 1.807) is 0 Å². The van der Waals surface area contributed by atoms with Crippen LogP contribution < -0.4 is 0 Å². The molecule has 1 nitrogen and oxygen atoms in total. The first-order chi connectivity index (χ1) is 31.8. The Morgan fingerprint density at radius 3 is 1.50 bits per heavy atom. The van der Waals surface area contributed by atoms with Gasteiger partial charge in [0.1, 0.15) is 0 Å². The SMILES string of the molecule is C(=C(/c1ccc(-c2ccccc2)cc1)c1ccc(-c2ccc3c(c2)c2ccccc2n3-c2ccccc2)cc1)/c1cccc2c1-c1ccccc1C21c2ccccc2-c2ccccc21. The molecule has 0 fully saturated rings. The molecular weight excluding hydrogens is 771 g/mol. The second-order valence-electron chi connectivity index (χ2n) is 17.2. The van der Waals surface area contributed by atoms with Gasteiger partial charge in [0.2, 0.25) is 0 Å². The fourth-order valence-electron chi connectivity index (χ4n) is 11.1. The van der Waals surface area contributed by atoms with Gasteiger partial charge in [-0.05, 0) is 125 Å². The Labute approximate surface area is 373 Å². The highest BCUT2D eigenvalue weighted by atomic mass is 15.0. The van der Waals surface area contributed by atoms with Crippen molar-refractivity contribution in [3.05, 3.63) is 282 Å². The number of hydrogen-bond acceptors (Lipinski definition) is 0. The molecule has 1 heteroatoms. The third-order valence-corrected chi connectivity index (χ3v) is 13.9. The Morgan fingerprint density at radius 1 is 0.344 bits per heavy atom. The van der Waals surface area contributed by atoms with Gasteiger partial charge in [0.15, 0.2) is 0 Å². The molecule has 2 aliphatic rings. The number of aromatic nitrogens is 1. The van der Waals surface area contributed by atoms with E-state index < -0.39 is 5.41 Å². The predicted molar refractivity (Wildman–Crippen MR) is 268 cm³/mol. The van der Waals surface area contributed by atoms with Gasteiger partial charge in [-0.1, -0.05) is 212 Å². The van der Waals surface area contributed by atoms with E-state index in [-0.39, 0.29) is 0 Å². The van der Waals surface area contributed by atoms with E-state index in [9.17, 15) is 0 Å². The molecule has 64 heavy (non-hydrogen) atoms. The summed E-state index contributed by atoms with van der Waals surface area (Å²) >= 11 is 0. The van der Waals surface area contributed by atoms with Crippen molar-refractivity contribution < 1.29 is 0 Å². The second kappa shape index (κ2) is 14.4. The van der Waals surface area contributed by atoms with Crippen LogP contribution >= 0.6 is 0 Å². The Balaban J connectivity index is 0.974. The Hall–Kier alpha value is -8.26.